The Balaban J connectivity index is 1.86. The summed E-state index contributed by atoms with van der Waals surface area (Å²) >= 11 is 2.29. The number of fused-ring (bicyclic) bond motifs is 2. The van der Waals surface area contributed by atoms with Gasteiger partial charge < -0.3 is 14.5 Å². The molecule has 1 aliphatic heterocycles. The second-order valence-electron chi connectivity index (χ2n) is 4.31. The van der Waals surface area contributed by atoms with E-state index < -0.39 is 0 Å². The van der Waals surface area contributed by atoms with Crippen LogP contribution in [0.15, 0.2) is 36.4 Å². The first-order valence-corrected chi connectivity index (χ1v) is 6.93. The van der Waals surface area contributed by atoms with E-state index in [9.17, 15) is 0 Å². The third kappa shape index (κ3) is 1.85. The van der Waals surface area contributed by atoms with E-state index in [0.29, 0.717) is 0 Å². The molecule has 4 rings (SSSR count). The van der Waals surface area contributed by atoms with Crippen LogP contribution in [-0.4, -0.2) is 16.8 Å². The molecule has 0 bridgehead atoms. The summed E-state index contributed by atoms with van der Waals surface area (Å²) in [5, 5.41) is 0. The van der Waals surface area contributed by atoms with E-state index in [1.807, 2.05) is 12.1 Å². The molecule has 2 aromatic carbocycles. The van der Waals surface area contributed by atoms with E-state index in [1.54, 1.807) is 0 Å². The highest BCUT2D eigenvalue weighted by molar-refractivity contribution is 14.1. The fraction of sp³-hybridized carbons (Fsp3) is 0.0714. The molecule has 0 amide bonds. The summed E-state index contributed by atoms with van der Waals surface area (Å²) in [7, 11) is 0. The number of nitrogens with zero attached hydrogens (tertiary/aromatic N) is 1. The number of hydrogen-bond acceptors (Lipinski definition) is 3. The minimum atomic E-state index is 0.284. The van der Waals surface area contributed by atoms with Gasteiger partial charge in [0.25, 0.3) is 0 Å². The predicted molar refractivity (Wildman–Crippen MR) is 80.4 cm³/mol. The average Bonchev–Trinajstić information content (AvgIpc) is 3.01. The maximum Gasteiger partial charge on any atom is 0.231 e. The summed E-state index contributed by atoms with van der Waals surface area (Å²) in [6.07, 6.45) is 0. The highest BCUT2D eigenvalue weighted by atomic mass is 127. The number of ether oxygens (including phenoxy) is 2. The van der Waals surface area contributed by atoms with Crippen LogP contribution in [-0.2, 0) is 0 Å². The van der Waals surface area contributed by atoms with E-state index in [1.165, 1.54) is 3.57 Å². The minimum Gasteiger partial charge on any atom is -0.454 e. The summed E-state index contributed by atoms with van der Waals surface area (Å²) in [5.41, 5.74) is 2.91. The first kappa shape index (κ1) is 11.1. The molecule has 3 aromatic rings. The standard InChI is InChI=1S/C14H9IN2O2/c15-9-3-1-8(2-4-9)14-16-10-5-12-13(19-7-18-12)6-11(10)17-14/h1-6H,7H2,(H,16,17). The second-order valence-corrected chi connectivity index (χ2v) is 5.56. The van der Waals surface area contributed by atoms with Crippen LogP contribution in [0.5, 0.6) is 11.5 Å². The molecule has 19 heavy (non-hydrogen) atoms. The van der Waals surface area contributed by atoms with Gasteiger partial charge in [0.05, 0.1) is 11.0 Å². The van der Waals surface area contributed by atoms with Crippen molar-refractivity contribution in [3.8, 4) is 22.9 Å². The lowest BCUT2D eigenvalue weighted by Crippen LogP contribution is -1.92. The first-order valence-electron chi connectivity index (χ1n) is 5.85. The van der Waals surface area contributed by atoms with Crippen LogP contribution < -0.4 is 9.47 Å². The third-order valence-electron chi connectivity index (χ3n) is 3.09. The summed E-state index contributed by atoms with van der Waals surface area (Å²) in [5.74, 6) is 2.38. The predicted octanol–water partition coefficient (Wildman–Crippen LogP) is 3.56. The molecule has 94 valence electrons. The van der Waals surface area contributed by atoms with Gasteiger partial charge in [-0.1, -0.05) is 12.1 Å². The van der Waals surface area contributed by atoms with Crippen LogP contribution in [0.4, 0.5) is 0 Å². The molecule has 1 N–H and O–H groups in total. The molecule has 0 fully saturated rings. The van der Waals surface area contributed by atoms with Crippen molar-refractivity contribution in [3.05, 3.63) is 40.0 Å². The fourth-order valence-electron chi connectivity index (χ4n) is 2.14. The highest BCUT2D eigenvalue weighted by Gasteiger charge is 2.16. The van der Waals surface area contributed by atoms with Crippen LogP contribution in [0, 0.1) is 3.57 Å². The summed E-state index contributed by atoms with van der Waals surface area (Å²) in [6.45, 7) is 0.284. The normalized spacial score (nSPS) is 13.1. The van der Waals surface area contributed by atoms with Crippen LogP contribution in [0.1, 0.15) is 0 Å². The monoisotopic (exact) mass is 364 g/mol. The molecule has 0 spiro atoms. The number of nitrogens with one attached hydrogen (secondary N) is 1. The van der Waals surface area contributed by atoms with Crippen LogP contribution in [0.2, 0.25) is 0 Å². The number of imidazole rings is 1. The fourth-order valence-corrected chi connectivity index (χ4v) is 2.50. The molecule has 0 aliphatic carbocycles. The van der Waals surface area contributed by atoms with Crippen LogP contribution >= 0.6 is 22.6 Å². The van der Waals surface area contributed by atoms with Crippen molar-refractivity contribution in [1.82, 2.24) is 9.97 Å². The number of benzene rings is 2. The largest absolute Gasteiger partial charge is 0.454 e. The van der Waals surface area contributed by atoms with Gasteiger partial charge in [-0.25, -0.2) is 4.98 Å². The Morgan fingerprint density at radius 3 is 2.58 bits per heavy atom. The molecule has 5 heteroatoms. The summed E-state index contributed by atoms with van der Waals surface area (Å²) < 4.78 is 11.9. The highest BCUT2D eigenvalue weighted by Crippen LogP contribution is 2.36. The number of H-pyrrole nitrogens is 1. The number of rotatable bonds is 1. The molecule has 0 atom stereocenters. The maximum atomic E-state index is 5.37. The molecule has 4 nitrogen and oxygen atoms in total. The lowest BCUT2D eigenvalue weighted by Gasteiger charge is -1.95. The molecular formula is C14H9IN2O2. The van der Waals surface area contributed by atoms with Crippen molar-refractivity contribution in [1.29, 1.82) is 0 Å². The molecular weight excluding hydrogens is 355 g/mol. The van der Waals surface area contributed by atoms with Gasteiger partial charge >= 0.3 is 0 Å². The van der Waals surface area contributed by atoms with Gasteiger partial charge in [0.1, 0.15) is 5.82 Å². The number of aromatic amines is 1. The molecule has 0 unspecified atom stereocenters. The number of hydrogen-bond donors (Lipinski definition) is 1. The van der Waals surface area contributed by atoms with Crippen molar-refractivity contribution in [2.24, 2.45) is 0 Å². The third-order valence-corrected chi connectivity index (χ3v) is 3.81. The first-order chi connectivity index (χ1) is 9.29. The van der Waals surface area contributed by atoms with E-state index in [4.69, 9.17) is 9.47 Å². The Morgan fingerprint density at radius 2 is 1.79 bits per heavy atom. The minimum absolute atomic E-state index is 0.284. The van der Waals surface area contributed by atoms with Gasteiger partial charge in [0.15, 0.2) is 11.5 Å². The van der Waals surface area contributed by atoms with Gasteiger partial charge in [0, 0.05) is 21.3 Å². The van der Waals surface area contributed by atoms with E-state index in [0.717, 1.165) is 33.9 Å². The lowest BCUT2D eigenvalue weighted by atomic mass is 10.2. The van der Waals surface area contributed by atoms with Crippen molar-refractivity contribution < 1.29 is 9.47 Å². The average molecular weight is 364 g/mol. The lowest BCUT2D eigenvalue weighted by molar-refractivity contribution is 0.174. The maximum absolute atomic E-state index is 5.37. The number of aromatic nitrogens is 2. The van der Waals surface area contributed by atoms with Crippen molar-refractivity contribution >= 4 is 33.6 Å². The van der Waals surface area contributed by atoms with Gasteiger partial charge in [-0.2, -0.15) is 0 Å². The van der Waals surface area contributed by atoms with Gasteiger partial charge in [-0.05, 0) is 34.7 Å². The SMILES string of the molecule is Ic1ccc(-c2nc3cc4c(cc3[nH]2)OCO4)cc1. The van der Waals surface area contributed by atoms with E-state index in [2.05, 4.69) is 56.8 Å². The Kier molecular flexibility index (Phi) is 2.41. The Labute approximate surface area is 122 Å². The van der Waals surface area contributed by atoms with Crippen molar-refractivity contribution in [3.63, 3.8) is 0 Å². The smallest absolute Gasteiger partial charge is 0.231 e. The van der Waals surface area contributed by atoms with Gasteiger partial charge in [-0.15, -0.1) is 0 Å². The van der Waals surface area contributed by atoms with E-state index >= 15 is 0 Å². The molecule has 0 radical (unpaired) electrons. The van der Waals surface area contributed by atoms with Crippen LogP contribution in [0.3, 0.4) is 0 Å². The van der Waals surface area contributed by atoms with Gasteiger partial charge in [-0.3, -0.25) is 0 Å². The Morgan fingerprint density at radius 1 is 1.05 bits per heavy atom. The van der Waals surface area contributed by atoms with Crippen LogP contribution in [0.25, 0.3) is 22.4 Å². The topological polar surface area (TPSA) is 47.1 Å². The van der Waals surface area contributed by atoms with Crippen molar-refractivity contribution in [2.45, 2.75) is 0 Å². The van der Waals surface area contributed by atoms with Gasteiger partial charge in [0.2, 0.25) is 6.79 Å². The second kappa shape index (κ2) is 4.12. The zero-order valence-corrected chi connectivity index (χ0v) is 12.0. The quantitative estimate of drug-likeness (QED) is 0.672. The molecule has 0 saturated carbocycles. The zero-order chi connectivity index (χ0) is 12.8. The molecule has 0 saturated heterocycles. The molecule has 1 aromatic heterocycles. The van der Waals surface area contributed by atoms with E-state index in [-0.39, 0.29) is 6.79 Å². The molecule has 1 aliphatic rings. The van der Waals surface area contributed by atoms with Crippen molar-refractivity contribution in [2.75, 3.05) is 6.79 Å². The number of halogens is 1. The molecule has 2 heterocycles. The Hall–Kier alpha value is -1.76. The Bertz CT molecular complexity index is 724. The summed E-state index contributed by atoms with van der Waals surface area (Å²) in [4.78, 5) is 7.91. The zero-order valence-electron chi connectivity index (χ0n) is 9.81. The summed E-state index contributed by atoms with van der Waals surface area (Å²) in [6, 6.07) is 12.1.